The number of hydrogen-bond donors (Lipinski definition) is 0. The predicted octanol–water partition coefficient (Wildman–Crippen LogP) is 3.08. The van der Waals surface area contributed by atoms with Gasteiger partial charge in [-0.15, -0.1) is 0 Å². The second kappa shape index (κ2) is 8.43. The molecule has 142 valence electrons. The Kier molecular flexibility index (Phi) is 5.78. The zero-order chi connectivity index (χ0) is 20.1. The minimum absolute atomic E-state index is 0.0254. The van der Waals surface area contributed by atoms with E-state index in [-0.39, 0.29) is 25.4 Å². The molecule has 28 heavy (non-hydrogen) atoms. The highest BCUT2D eigenvalue weighted by atomic mass is 16.7. The van der Waals surface area contributed by atoms with Crippen LogP contribution in [0.2, 0.25) is 0 Å². The Balaban J connectivity index is 2.00. The summed E-state index contributed by atoms with van der Waals surface area (Å²) in [5.41, 5.74) is 2.16. The van der Waals surface area contributed by atoms with Gasteiger partial charge >= 0.3 is 5.97 Å². The molecule has 0 saturated carbocycles. The maximum atomic E-state index is 12.2. The van der Waals surface area contributed by atoms with Crippen LogP contribution < -0.4 is 9.64 Å². The summed E-state index contributed by atoms with van der Waals surface area (Å²) in [4.78, 5) is 14.1. The van der Waals surface area contributed by atoms with Crippen LogP contribution >= 0.6 is 0 Å². The van der Waals surface area contributed by atoms with E-state index in [1.807, 2.05) is 17.1 Å². The fourth-order valence-electron chi connectivity index (χ4n) is 3.24. The van der Waals surface area contributed by atoms with Crippen molar-refractivity contribution in [2.45, 2.75) is 13.0 Å². The molecule has 0 radical (unpaired) electrons. The summed E-state index contributed by atoms with van der Waals surface area (Å²) in [6, 6.07) is 9.26. The van der Waals surface area contributed by atoms with Gasteiger partial charge in [0.05, 0.1) is 30.4 Å². The van der Waals surface area contributed by atoms with Crippen LogP contribution in [0.5, 0.6) is 5.75 Å². The number of anilines is 1. The van der Waals surface area contributed by atoms with Gasteiger partial charge in [0.2, 0.25) is 0 Å². The van der Waals surface area contributed by atoms with Crippen LogP contribution in [0.4, 0.5) is 5.69 Å². The fourth-order valence-corrected chi connectivity index (χ4v) is 3.24. The van der Waals surface area contributed by atoms with Gasteiger partial charge in [0, 0.05) is 36.6 Å². The molecule has 2 unspecified atom stereocenters. The van der Waals surface area contributed by atoms with Crippen molar-refractivity contribution in [2.24, 2.45) is 5.92 Å². The Labute approximate surface area is 163 Å². The molecule has 0 amide bonds. The lowest BCUT2D eigenvalue weighted by Gasteiger charge is -2.28. The van der Waals surface area contributed by atoms with E-state index in [2.05, 4.69) is 12.1 Å². The van der Waals surface area contributed by atoms with Gasteiger partial charge in [0.15, 0.2) is 6.79 Å². The van der Waals surface area contributed by atoms with E-state index in [0.29, 0.717) is 22.5 Å². The van der Waals surface area contributed by atoms with Crippen molar-refractivity contribution in [3.8, 4) is 17.9 Å². The minimum atomic E-state index is -0.486. The normalized spacial score (nSPS) is 19.8. The number of rotatable bonds is 6. The largest absolute Gasteiger partial charge is 0.467 e. The van der Waals surface area contributed by atoms with Crippen LogP contribution in [-0.2, 0) is 9.47 Å². The van der Waals surface area contributed by atoms with E-state index in [1.54, 1.807) is 37.4 Å². The number of allylic oxidation sites excluding steroid dienone is 2. The molecule has 0 bridgehead atoms. The highest BCUT2D eigenvalue weighted by molar-refractivity contribution is 5.93. The van der Waals surface area contributed by atoms with Crippen molar-refractivity contribution < 1.29 is 19.0 Å². The Bertz CT molecular complexity index is 949. The predicted molar refractivity (Wildman–Crippen MR) is 101 cm³/mol. The first-order chi connectivity index (χ1) is 13.6. The summed E-state index contributed by atoms with van der Waals surface area (Å²) in [6.45, 7) is 1.96. The van der Waals surface area contributed by atoms with E-state index in [9.17, 15) is 15.3 Å². The van der Waals surface area contributed by atoms with Gasteiger partial charge in [-0.25, -0.2) is 4.79 Å². The Morgan fingerprint density at radius 2 is 2.11 bits per heavy atom. The molecule has 0 N–H and O–H groups in total. The number of carbonyl (C=O) groups is 1. The number of methoxy groups -OCH3 is 1. The van der Waals surface area contributed by atoms with Crippen molar-refractivity contribution in [2.75, 3.05) is 25.4 Å². The molecule has 7 nitrogen and oxygen atoms in total. The molecule has 2 atom stereocenters. The zero-order valence-corrected chi connectivity index (χ0v) is 15.6. The van der Waals surface area contributed by atoms with Gasteiger partial charge in [-0.2, -0.15) is 10.5 Å². The molecule has 1 aromatic rings. The number of ether oxygens (including phenoxy) is 3. The Hall–Kier alpha value is -3.55. The van der Waals surface area contributed by atoms with Gasteiger partial charge in [-0.1, -0.05) is 6.08 Å². The summed E-state index contributed by atoms with van der Waals surface area (Å²) < 4.78 is 15.6. The van der Waals surface area contributed by atoms with Crippen LogP contribution in [-0.4, -0.2) is 32.5 Å². The zero-order valence-electron chi connectivity index (χ0n) is 15.6. The molecule has 0 aromatic heterocycles. The number of benzene rings is 1. The van der Waals surface area contributed by atoms with Crippen LogP contribution in [0, 0.1) is 28.6 Å². The highest BCUT2D eigenvalue weighted by Gasteiger charge is 2.35. The van der Waals surface area contributed by atoms with Crippen molar-refractivity contribution in [1.82, 2.24) is 0 Å². The Morgan fingerprint density at radius 1 is 1.29 bits per heavy atom. The van der Waals surface area contributed by atoms with Crippen molar-refractivity contribution in [3.63, 3.8) is 0 Å². The topological polar surface area (TPSA) is 95.6 Å². The van der Waals surface area contributed by atoms with Crippen LogP contribution in [0.3, 0.4) is 0 Å². The monoisotopic (exact) mass is 377 g/mol. The number of nitriles is 2. The molecule has 0 spiro atoms. The number of esters is 1. The third kappa shape index (κ3) is 3.62. The van der Waals surface area contributed by atoms with Gasteiger partial charge in [-0.05, 0) is 31.2 Å². The second-order valence-electron chi connectivity index (χ2n) is 6.16. The SMILES string of the molecule is CCOC(=O)c1ccc(N2C=C(C#N)C3C=CC(C#N)=CC32)cc1OCOC. The maximum Gasteiger partial charge on any atom is 0.341 e. The second-order valence-corrected chi connectivity index (χ2v) is 6.16. The van der Waals surface area contributed by atoms with E-state index in [4.69, 9.17) is 14.2 Å². The summed E-state index contributed by atoms with van der Waals surface area (Å²) in [7, 11) is 1.49. The molecule has 1 aliphatic heterocycles. The van der Waals surface area contributed by atoms with E-state index >= 15 is 0 Å². The molecule has 0 saturated heterocycles. The maximum absolute atomic E-state index is 12.2. The van der Waals surface area contributed by atoms with Crippen LogP contribution in [0.15, 0.2) is 53.8 Å². The van der Waals surface area contributed by atoms with Gasteiger partial charge in [0.25, 0.3) is 0 Å². The number of fused-ring (bicyclic) bond motifs is 1. The first-order valence-electron chi connectivity index (χ1n) is 8.76. The third-order valence-corrected chi connectivity index (χ3v) is 4.51. The summed E-state index contributed by atoms with van der Waals surface area (Å²) in [5.74, 6) is -0.292. The molecular weight excluding hydrogens is 358 g/mol. The van der Waals surface area contributed by atoms with Crippen molar-refractivity contribution >= 4 is 11.7 Å². The number of carbonyl (C=O) groups excluding carboxylic acids is 1. The van der Waals surface area contributed by atoms with Crippen molar-refractivity contribution in [1.29, 1.82) is 10.5 Å². The lowest BCUT2D eigenvalue weighted by atomic mass is 9.89. The van der Waals surface area contributed by atoms with Crippen LogP contribution in [0.1, 0.15) is 17.3 Å². The van der Waals surface area contributed by atoms with Gasteiger partial charge in [0.1, 0.15) is 11.3 Å². The Morgan fingerprint density at radius 3 is 2.79 bits per heavy atom. The molecule has 3 rings (SSSR count). The standard InChI is InChI=1S/C21H19N3O4/c1-3-27-21(25)18-7-5-16(9-20(18)28-13-26-2)24-12-15(11-23)17-6-4-14(10-22)8-19(17)24/h4-9,12,17,19H,3,13H2,1-2H3. The molecule has 0 fully saturated rings. The molecule has 1 aromatic carbocycles. The van der Waals surface area contributed by atoms with Crippen LogP contribution in [0.25, 0.3) is 0 Å². The molecule has 2 aliphatic rings. The van der Waals surface area contributed by atoms with Crippen molar-refractivity contribution in [3.05, 3.63) is 59.3 Å². The molecule has 1 aliphatic carbocycles. The quantitative estimate of drug-likeness (QED) is 0.555. The number of hydrogen-bond acceptors (Lipinski definition) is 7. The smallest absolute Gasteiger partial charge is 0.341 e. The third-order valence-electron chi connectivity index (χ3n) is 4.51. The lowest BCUT2D eigenvalue weighted by molar-refractivity contribution is 0.0438. The molecule has 7 heteroatoms. The molecule has 1 heterocycles. The van der Waals surface area contributed by atoms with E-state index in [0.717, 1.165) is 5.69 Å². The molecular formula is C21H19N3O4. The first kappa shape index (κ1) is 19.2. The first-order valence-corrected chi connectivity index (χ1v) is 8.76. The van der Waals surface area contributed by atoms with E-state index in [1.165, 1.54) is 7.11 Å². The minimum Gasteiger partial charge on any atom is -0.467 e. The van der Waals surface area contributed by atoms with E-state index < -0.39 is 5.97 Å². The fraction of sp³-hybridized carbons (Fsp3) is 0.286. The average molecular weight is 377 g/mol. The van der Waals surface area contributed by atoms with Gasteiger partial charge in [-0.3, -0.25) is 0 Å². The highest BCUT2D eigenvalue weighted by Crippen LogP contribution is 2.38. The summed E-state index contributed by atoms with van der Waals surface area (Å²) in [5, 5.41) is 18.7. The lowest BCUT2D eigenvalue weighted by Crippen LogP contribution is -2.31. The summed E-state index contributed by atoms with van der Waals surface area (Å²) in [6.07, 6.45) is 7.19. The van der Waals surface area contributed by atoms with Gasteiger partial charge < -0.3 is 19.1 Å². The summed E-state index contributed by atoms with van der Waals surface area (Å²) >= 11 is 0. The average Bonchev–Trinajstić information content (AvgIpc) is 3.10. The number of nitrogens with zero attached hydrogens (tertiary/aromatic N) is 3.